The number of aromatic nitrogens is 3. The number of carbonyl (C=O) groups is 1. The highest BCUT2D eigenvalue weighted by atomic mass is 32.2. The van der Waals surface area contributed by atoms with Crippen molar-refractivity contribution in [3.8, 4) is 5.75 Å². The number of carbonyl (C=O) groups excluding carboxylic acids is 1. The predicted octanol–water partition coefficient (Wildman–Crippen LogP) is 2.05. The zero-order valence-electron chi connectivity index (χ0n) is 16.3. The number of amides is 1. The Morgan fingerprint density at radius 1 is 1.24 bits per heavy atom. The third kappa shape index (κ3) is 8.34. The monoisotopic (exact) mass is 419 g/mol. The van der Waals surface area contributed by atoms with Crippen molar-refractivity contribution in [3.63, 3.8) is 0 Å². The third-order valence-electron chi connectivity index (χ3n) is 3.84. The Kier molecular flexibility index (Phi) is 9.70. The number of ether oxygens (including phenoxy) is 1. The summed E-state index contributed by atoms with van der Waals surface area (Å²) >= 11 is 0.897. The molecule has 0 atom stereocenters. The summed E-state index contributed by atoms with van der Waals surface area (Å²) in [5, 5.41) is 9.64. The highest BCUT2D eigenvalue weighted by molar-refractivity contribution is 7.99. The molecule has 1 aromatic carbocycles. The maximum absolute atomic E-state index is 11.9. The van der Waals surface area contributed by atoms with E-state index in [2.05, 4.69) is 27.6 Å². The zero-order valence-corrected chi connectivity index (χ0v) is 17.1. The van der Waals surface area contributed by atoms with Gasteiger partial charge in [0.15, 0.2) is 5.03 Å². The molecule has 0 saturated heterocycles. The van der Waals surface area contributed by atoms with Crippen molar-refractivity contribution >= 4 is 23.9 Å². The molecule has 156 valence electrons. The molecule has 3 N–H and O–H groups in total. The van der Waals surface area contributed by atoms with Gasteiger partial charge in [-0.05, 0) is 18.6 Å². The van der Waals surface area contributed by atoms with Crippen LogP contribution in [-0.2, 0) is 4.79 Å². The molecule has 9 nitrogen and oxygen atoms in total. The number of hydrazone groups is 1. The summed E-state index contributed by atoms with van der Waals surface area (Å²) in [7, 11) is 0. The van der Waals surface area contributed by atoms with Crippen molar-refractivity contribution in [1.82, 2.24) is 20.6 Å². The smallest absolute Gasteiger partial charge is 0.342 e. The normalized spacial score (nSPS) is 10.9. The van der Waals surface area contributed by atoms with Crippen molar-refractivity contribution in [1.29, 1.82) is 0 Å². The van der Waals surface area contributed by atoms with Crippen LogP contribution in [0.3, 0.4) is 0 Å². The molecule has 0 saturated carbocycles. The van der Waals surface area contributed by atoms with Crippen LogP contribution in [0.15, 0.2) is 44.0 Å². The Morgan fingerprint density at radius 3 is 2.83 bits per heavy atom. The van der Waals surface area contributed by atoms with Gasteiger partial charge in [-0.25, -0.2) is 15.3 Å². The van der Waals surface area contributed by atoms with Crippen molar-refractivity contribution in [2.24, 2.45) is 5.10 Å². The molecular formula is C19H25N5O4S. The summed E-state index contributed by atoms with van der Waals surface area (Å²) in [6.07, 6.45) is 7.33. The predicted molar refractivity (Wildman–Crippen MR) is 113 cm³/mol. The number of thioether (sulfide) groups is 1. The van der Waals surface area contributed by atoms with Crippen LogP contribution in [0.25, 0.3) is 0 Å². The Morgan fingerprint density at radius 2 is 2.03 bits per heavy atom. The van der Waals surface area contributed by atoms with Crippen molar-refractivity contribution in [2.75, 3.05) is 12.4 Å². The van der Waals surface area contributed by atoms with E-state index < -0.39 is 17.2 Å². The van der Waals surface area contributed by atoms with Gasteiger partial charge in [-0.3, -0.25) is 14.6 Å². The van der Waals surface area contributed by atoms with Gasteiger partial charge in [-0.2, -0.15) is 10.2 Å². The number of nitrogens with zero attached hydrogens (tertiary/aromatic N) is 2. The molecule has 2 rings (SSSR count). The van der Waals surface area contributed by atoms with Crippen LogP contribution < -0.4 is 21.4 Å². The first kappa shape index (κ1) is 22.4. The summed E-state index contributed by atoms with van der Waals surface area (Å²) < 4.78 is 5.82. The molecule has 0 aliphatic rings. The lowest BCUT2D eigenvalue weighted by Gasteiger charge is -2.08. The highest BCUT2D eigenvalue weighted by Crippen LogP contribution is 2.16. The molecule has 0 aliphatic heterocycles. The van der Waals surface area contributed by atoms with Crippen LogP contribution in [0, 0.1) is 0 Å². The van der Waals surface area contributed by atoms with Crippen LogP contribution in [-0.4, -0.2) is 39.7 Å². The molecule has 0 bridgehead atoms. The quantitative estimate of drug-likeness (QED) is 0.209. The Bertz CT molecular complexity index is 925. The Balaban J connectivity index is 1.79. The molecule has 0 fully saturated rings. The summed E-state index contributed by atoms with van der Waals surface area (Å²) in [5.74, 6) is 0.224. The molecule has 1 amide bonds. The molecule has 0 aliphatic carbocycles. The van der Waals surface area contributed by atoms with Crippen LogP contribution in [0.1, 0.15) is 44.6 Å². The average Bonchev–Trinajstić information content (AvgIpc) is 2.71. The number of benzene rings is 1. The van der Waals surface area contributed by atoms with Gasteiger partial charge in [0.1, 0.15) is 5.75 Å². The first-order valence-electron chi connectivity index (χ1n) is 9.45. The molecule has 1 aromatic heterocycles. The summed E-state index contributed by atoms with van der Waals surface area (Å²) in [6, 6.07) is 7.45. The zero-order chi connectivity index (χ0) is 20.9. The van der Waals surface area contributed by atoms with E-state index in [1.807, 2.05) is 29.2 Å². The summed E-state index contributed by atoms with van der Waals surface area (Å²) in [5.41, 5.74) is 1.81. The molecule has 0 unspecified atom stereocenters. The van der Waals surface area contributed by atoms with Gasteiger partial charge >= 0.3 is 5.69 Å². The minimum absolute atomic E-state index is 0.00131. The average molecular weight is 420 g/mol. The number of unbranched alkanes of at least 4 members (excludes halogenated alkanes) is 4. The molecule has 1 heterocycles. The minimum atomic E-state index is -0.699. The van der Waals surface area contributed by atoms with E-state index in [1.54, 1.807) is 0 Å². The number of nitrogens with one attached hydrogen (secondary N) is 3. The van der Waals surface area contributed by atoms with Gasteiger partial charge in [0, 0.05) is 5.56 Å². The first-order valence-corrected chi connectivity index (χ1v) is 10.4. The SMILES string of the molecule is CCCCCCCOc1ccccc1/C=N/NC(=O)CSc1n[nH]c(=O)[nH]c1=O. The largest absolute Gasteiger partial charge is 0.493 e. The summed E-state index contributed by atoms with van der Waals surface area (Å²) in [4.78, 5) is 36.3. The molecule has 0 radical (unpaired) electrons. The maximum Gasteiger partial charge on any atom is 0.342 e. The van der Waals surface area contributed by atoms with E-state index in [9.17, 15) is 14.4 Å². The van der Waals surface area contributed by atoms with Gasteiger partial charge in [0.2, 0.25) is 5.91 Å². The second-order valence-corrected chi connectivity index (χ2v) is 7.16. The van der Waals surface area contributed by atoms with Crippen molar-refractivity contribution in [3.05, 3.63) is 50.7 Å². The van der Waals surface area contributed by atoms with Crippen LogP contribution >= 0.6 is 11.8 Å². The van der Waals surface area contributed by atoms with E-state index in [-0.39, 0.29) is 10.8 Å². The number of hydrogen-bond acceptors (Lipinski definition) is 7. The third-order valence-corrected chi connectivity index (χ3v) is 4.79. The molecule has 2 aromatic rings. The lowest BCUT2D eigenvalue weighted by atomic mass is 10.2. The summed E-state index contributed by atoms with van der Waals surface area (Å²) in [6.45, 7) is 2.82. The Labute approximate surface area is 172 Å². The topological polar surface area (TPSA) is 129 Å². The van der Waals surface area contributed by atoms with Gasteiger partial charge in [-0.1, -0.05) is 56.5 Å². The van der Waals surface area contributed by atoms with Crippen molar-refractivity contribution in [2.45, 2.75) is 44.1 Å². The molecule has 10 heteroatoms. The van der Waals surface area contributed by atoms with Crippen LogP contribution in [0.2, 0.25) is 0 Å². The molecule has 29 heavy (non-hydrogen) atoms. The second kappa shape index (κ2) is 12.6. The second-order valence-electron chi connectivity index (χ2n) is 6.19. The van der Waals surface area contributed by atoms with Gasteiger partial charge in [-0.15, -0.1) is 0 Å². The number of para-hydroxylation sites is 1. The van der Waals surface area contributed by atoms with E-state index in [0.717, 1.165) is 30.2 Å². The minimum Gasteiger partial charge on any atom is -0.493 e. The number of H-pyrrole nitrogens is 2. The van der Waals surface area contributed by atoms with Gasteiger partial charge in [0.25, 0.3) is 5.56 Å². The molecule has 0 spiro atoms. The van der Waals surface area contributed by atoms with Crippen LogP contribution in [0.4, 0.5) is 0 Å². The fourth-order valence-electron chi connectivity index (χ4n) is 2.38. The standard InChI is InChI=1S/C19H25N5O4S/c1-2-3-4-5-8-11-28-15-10-7-6-9-14(15)12-20-22-16(25)13-29-18-17(26)21-19(27)24-23-18/h6-7,9-10,12H,2-5,8,11,13H2,1H3,(H,22,25)(H2,21,24,26,27)/b20-12+. The van der Waals surface area contributed by atoms with Crippen LogP contribution in [0.5, 0.6) is 5.75 Å². The molecular weight excluding hydrogens is 394 g/mol. The van der Waals surface area contributed by atoms with E-state index in [4.69, 9.17) is 4.74 Å². The first-order chi connectivity index (χ1) is 14.1. The highest BCUT2D eigenvalue weighted by Gasteiger charge is 2.07. The fourth-order valence-corrected chi connectivity index (χ4v) is 3.01. The lowest BCUT2D eigenvalue weighted by molar-refractivity contribution is -0.118. The maximum atomic E-state index is 11.9. The van der Waals surface area contributed by atoms with Gasteiger partial charge in [0.05, 0.1) is 18.6 Å². The number of hydrogen-bond donors (Lipinski definition) is 3. The van der Waals surface area contributed by atoms with Crippen molar-refractivity contribution < 1.29 is 9.53 Å². The van der Waals surface area contributed by atoms with E-state index in [1.165, 1.54) is 25.5 Å². The number of rotatable bonds is 12. The number of aromatic amines is 2. The fraction of sp³-hybridized carbons (Fsp3) is 0.421. The Hall–Kier alpha value is -2.88. The lowest BCUT2D eigenvalue weighted by Crippen LogP contribution is -2.26. The van der Waals surface area contributed by atoms with E-state index >= 15 is 0 Å². The van der Waals surface area contributed by atoms with E-state index in [0.29, 0.717) is 12.4 Å². The van der Waals surface area contributed by atoms with Gasteiger partial charge < -0.3 is 4.74 Å².